The molecule has 0 radical (unpaired) electrons. The van der Waals surface area contributed by atoms with E-state index in [1.807, 2.05) is 18.2 Å². The van der Waals surface area contributed by atoms with E-state index in [0.29, 0.717) is 0 Å². The zero-order valence-electron chi connectivity index (χ0n) is 13.5. The van der Waals surface area contributed by atoms with Gasteiger partial charge < -0.3 is 5.11 Å². The van der Waals surface area contributed by atoms with Gasteiger partial charge in [-0.3, -0.25) is 0 Å². The number of aliphatic hydroxyl groups excluding tert-OH is 1. The van der Waals surface area contributed by atoms with Crippen molar-refractivity contribution >= 4 is 21.5 Å². The molecule has 0 saturated heterocycles. The Bertz CT molecular complexity index is 919. The lowest BCUT2D eigenvalue weighted by Gasteiger charge is -2.17. The summed E-state index contributed by atoms with van der Waals surface area (Å²) >= 11 is 0. The van der Waals surface area contributed by atoms with E-state index in [4.69, 9.17) is 0 Å². The van der Waals surface area contributed by atoms with Crippen LogP contribution in [-0.4, -0.2) is 5.11 Å². The van der Waals surface area contributed by atoms with Gasteiger partial charge in [-0.1, -0.05) is 78.9 Å². The Labute approximate surface area is 142 Å². The Morgan fingerprint density at radius 1 is 0.667 bits per heavy atom. The van der Waals surface area contributed by atoms with E-state index in [-0.39, 0.29) is 0 Å². The van der Waals surface area contributed by atoms with Gasteiger partial charge in [-0.05, 0) is 51.6 Å². The van der Waals surface area contributed by atoms with Crippen LogP contribution < -0.4 is 0 Å². The maximum atomic E-state index is 11.0. The molecular formula is C23H20O. The molecule has 0 fully saturated rings. The number of hydrogen-bond donors (Lipinski definition) is 1. The van der Waals surface area contributed by atoms with Crippen molar-refractivity contribution in [3.8, 4) is 0 Å². The summed E-state index contributed by atoms with van der Waals surface area (Å²) in [7, 11) is 0. The van der Waals surface area contributed by atoms with Crippen LogP contribution in [0.2, 0.25) is 0 Å². The number of aliphatic hydroxyl groups is 1. The zero-order chi connectivity index (χ0) is 16.4. The molecule has 4 rings (SSSR count). The molecule has 0 aliphatic rings. The SMILES string of the molecule is OC(CCc1ccccc1)c1c2ccccc2cc2ccccc12. The highest BCUT2D eigenvalue weighted by Gasteiger charge is 2.15. The monoisotopic (exact) mass is 312 g/mol. The van der Waals surface area contributed by atoms with Gasteiger partial charge in [0.25, 0.3) is 0 Å². The Morgan fingerprint density at radius 3 is 1.83 bits per heavy atom. The molecule has 1 unspecified atom stereocenters. The smallest absolute Gasteiger partial charge is 0.0805 e. The third kappa shape index (κ3) is 2.79. The molecule has 0 bridgehead atoms. The second kappa shape index (κ2) is 6.46. The standard InChI is InChI=1S/C23H20O/c24-22(15-14-17-8-2-1-3-9-17)23-20-12-6-4-10-18(20)16-19-11-5-7-13-21(19)23/h1-13,16,22,24H,14-15H2. The third-order valence-corrected chi connectivity index (χ3v) is 4.70. The summed E-state index contributed by atoms with van der Waals surface area (Å²) in [6.07, 6.45) is 1.13. The molecule has 4 aromatic rings. The Kier molecular flexibility index (Phi) is 4.02. The average Bonchev–Trinajstić information content (AvgIpc) is 2.65. The molecule has 0 aliphatic heterocycles. The highest BCUT2D eigenvalue weighted by molar-refractivity contribution is 6.02. The van der Waals surface area contributed by atoms with E-state index in [1.54, 1.807) is 0 Å². The Balaban J connectivity index is 1.78. The third-order valence-electron chi connectivity index (χ3n) is 4.70. The van der Waals surface area contributed by atoms with Crippen LogP contribution >= 0.6 is 0 Å². The van der Waals surface area contributed by atoms with Gasteiger partial charge in [0.1, 0.15) is 0 Å². The second-order valence-corrected chi connectivity index (χ2v) is 6.27. The fourth-order valence-electron chi connectivity index (χ4n) is 3.50. The van der Waals surface area contributed by atoms with E-state index in [1.165, 1.54) is 16.3 Å². The predicted molar refractivity (Wildman–Crippen MR) is 101 cm³/mol. The van der Waals surface area contributed by atoms with E-state index in [0.717, 1.165) is 29.2 Å². The fourth-order valence-corrected chi connectivity index (χ4v) is 3.50. The minimum absolute atomic E-state index is 0.471. The summed E-state index contributed by atoms with van der Waals surface area (Å²) in [6.45, 7) is 0. The minimum atomic E-state index is -0.471. The van der Waals surface area contributed by atoms with Gasteiger partial charge in [-0.25, -0.2) is 0 Å². The Hall–Kier alpha value is -2.64. The molecule has 0 spiro atoms. The summed E-state index contributed by atoms with van der Waals surface area (Å²) in [4.78, 5) is 0. The number of hydrogen-bond acceptors (Lipinski definition) is 1. The maximum absolute atomic E-state index is 11.0. The van der Waals surface area contributed by atoms with E-state index >= 15 is 0 Å². The van der Waals surface area contributed by atoms with Crippen molar-refractivity contribution < 1.29 is 5.11 Å². The van der Waals surface area contributed by atoms with E-state index < -0.39 is 6.10 Å². The molecule has 1 heteroatoms. The molecule has 24 heavy (non-hydrogen) atoms. The summed E-state index contributed by atoms with van der Waals surface area (Å²) < 4.78 is 0. The first-order chi connectivity index (χ1) is 11.8. The summed E-state index contributed by atoms with van der Waals surface area (Å²) in [5, 5.41) is 15.6. The van der Waals surface area contributed by atoms with Crippen LogP contribution in [0.25, 0.3) is 21.5 Å². The summed E-state index contributed by atoms with van der Waals surface area (Å²) in [5.41, 5.74) is 2.32. The zero-order valence-corrected chi connectivity index (χ0v) is 13.5. The van der Waals surface area contributed by atoms with Crippen molar-refractivity contribution in [1.29, 1.82) is 0 Å². The van der Waals surface area contributed by atoms with Crippen LogP contribution in [0, 0.1) is 0 Å². The molecule has 118 valence electrons. The van der Waals surface area contributed by atoms with Crippen molar-refractivity contribution in [1.82, 2.24) is 0 Å². The molecular weight excluding hydrogens is 292 g/mol. The molecule has 0 saturated carbocycles. The van der Waals surface area contributed by atoms with Crippen LogP contribution in [-0.2, 0) is 6.42 Å². The molecule has 0 heterocycles. The molecule has 4 aromatic carbocycles. The van der Waals surface area contributed by atoms with Crippen LogP contribution in [0.4, 0.5) is 0 Å². The van der Waals surface area contributed by atoms with Crippen molar-refractivity contribution in [2.75, 3.05) is 0 Å². The number of fused-ring (bicyclic) bond motifs is 2. The minimum Gasteiger partial charge on any atom is -0.388 e. The van der Waals surface area contributed by atoms with Gasteiger partial charge in [0, 0.05) is 0 Å². The Morgan fingerprint density at radius 2 is 1.21 bits per heavy atom. The van der Waals surface area contributed by atoms with Crippen LogP contribution in [0.15, 0.2) is 84.9 Å². The molecule has 1 atom stereocenters. The van der Waals surface area contributed by atoms with Gasteiger partial charge in [-0.2, -0.15) is 0 Å². The first-order valence-electron chi connectivity index (χ1n) is 8.45. The largest absolute Gasteiger partial charge is 0.388 e. The number of aryl methyl sites for hydroxylation is 1. The summed E-state index contributed by atoms with van der Waals surface area (Å²) in [5.74, 6) is 0. The highest BCUT2D eigenvalue weighted by atomic mass is 16.3. The van der Waals surface area contributed by atoms with Crippen LogP contribution in [0.5, 0.6) is 0 Å². The number of rotatable bonds is 4. The molecule has 1 nitrogen and oxygen atoms in total. The topological polar surface area (TPSA) is 20.2 Å². The fraction of sp³-hybridized carbons (Fsp3) is 0.130. The van der Waals surface area contributed by atoms with Crippen molar-refractivity contribution in [2.45, 2.75) is 18.9 Å². The maximum Gasteiger partial charge on any atom is 0.0805 e. The first-order valence-corrected chi connectivity index (χ1v) is 8.45. The lowest BCUT2D eigenvalue weighted by Crippen LogP contribution is -2.02. The van der Waals surface area contributed by atoms with Crippen molar-refractivity contribution in [3.05, 3.63) is 96.1 Å². The molecule has 0 aromatic heterocycles. The van der Waals surface area contributed by atoms with Crippen molar-refractivity contribution in [3.63, 3.8) is 0 Å². The van der Waals surface area contributed by atoms with Gasteiger partial charge >= 0.3 is 0 Å². The predicted octanol–water partition coefficient (Wildman–Crippen LogP) is 5.66. The lowest BCUT2D eigenvalue weighted by molar-refractivity contribution is 0.171. The van der Waals surface area contributed by atoms with Gasteiger partial charge in [0.2, 0.25) is 0 Å². The first kappa shape index (κ1) is 14.9. The number of benzene rings is 4. The summed E-state index contributed by atoms with van der Waals surface area (Å²) in [6, 6.07) is 29.2. The van der Waals surface area contributed by atoms with Gasteiger partial charge in [0.05, 0.1) is 6.10 Å². The van der Waals surface area contributed by atoms with E-state index in [2.05, 4.69) is 66.7 Å². The quantitative estimate of drug-likeness (QED) is 0.482. The molecule has 0 amide bonds. The van der Waals surface area contributed by atoms with Gasteiger partial charge in [-0.15, -0.1) is 0 Å². The van der Waals surface area contributed by atoms with Crippen LogP contribution in [0.3, 0.4) is 0 Å². The second-order valence-electron chi connectivity index (χ2n) is 6.27. The van der Waals surface area contributed by atoms with Crippen LogP contribution in [0.1, 0.15) is 23.7 Å². The van der Waals surface area contributed by atoms with Crippen molar-refractivity contribution in [2.24, 2.45) is 0 Å². The molecule has 0 aliphatic carbocycles. The highest BCUT2D eigenvalue weighted by Crippen LogP contribution is 2.34. The molecule has 1 N–H and O–H groups in total. The van der Waals surface area contributed by atoms with Gasteiger partial charge in [0.15, 0.2) is 0 Å². The normalized spacial score (nSPS) is 12.5. The van der Waals surface area contributed by atoms with E-state index in [9.17, 15) is 5.11 Å². The lowest BCUT2D eigenvalue weighted by atomic mass is 9.91. The average molecular weight is 312 g/mol.